The lowest BCUT2D eigenvalue weighted by Crippen LogP contribution is -2.15. The lowest BCUT2D eigenvalue weighted by atomic mass is 9.98. The quantitative estimate of drug-likeness (QED) is 0.906. The van der Waals surface area contributed by atoms with Crippen LogP contribution < -0.4 is 10.5 Å². The third kappa shape index (κ3) is 2.68. The molecule has 0 aliphatic heterocycles. The van der Waals surface area contributed by atoms with Gasteiger partial charge in [0.2, 0.25) is 0 Å². The van der Waals surface area contributed by atoms with Gasteiger partial charge in [0, 0.05) is 11.6 Å². The fourth-order valence-electron chi connectivity index (χ4n) is 1.79. The molecule has 96 valence electrons. The van der Waals surface area contributed by atoms with E-state index in [-0.39, 0.29) is 5.92 Å². The maximum atomic E-state index is 6.25. The Hall–Kier alpha value is -1.04. The van der Waals surface area contributed by atoms with E-state index < -0.39 is 0 Å². The molecule has 0 radical (unpaired) electrons. The number of nitrogens with two attached hydrogens (primary N) is 1. The van der Waals surface area contributed by atoms with Crippen molar-refractivity contribution in [2.45, 2.75) is 5.92 Å². The van der Waals surface area contributed by atoms with Crippen molar-refractivity contribution in [1.82, 2.24) is 9.97 Å². The number of H-pyrrole nitrogens is 1. The van der Waals surface area contributed by atoms with Crippen LogP contribution in [-0.2, 0) is 0 Å². The summed E-state index contributed by atoms with van der Waals surface area (Å²) < 4.78 is 5.95. The van der Waals surface area contributed by atoms with E-state index in [1.54, 1.807) is 19.4 Å². The minimum Gasteiger partial charge on any atom is -0.497 e. The smallest absolute Gasteiger partial charge is 0.120 e. The van der Waals surface area contributed by atoms with Crippen LogP contribution in [0.5, 0.6) is 5.75 Å². The van der Waals surface area contributed by atoms with E-state index in [1.165, 1.54) is 0 Å². The predicted octanol–water partition coefficient (Wildman–Crippen LogP) is 2.92. The number of benzene rings is 1. The molecule has 0 saturated heterocycles. The molecule has 18 heavy (non-hydrogen) atoms. The Morgan fingerprint density at radius 1 is 1.56 bits per heavy atom. The fraction of sp³-hybridized carbons (Fsp3) is 0.250. The number of nitrogens with zero attached hydrogens (tertiary/aromatic N) is 1. The Morgan fingerprint density at radius 2 is 2.33 bits per heavy atom. The number of imidazole rings is 1. The second kappa shape index (κ2) is 5.73. The molecule has 0 saturated carbocycles. The summed E-state index contributed by atoms with van der Waals surface area (Å²) in [5.74, 6) is 1.45. The van der Waals surface area contributed by atoms with E-state index in [0.29, 0.717) is 11.6 Å². The molecule has 3 N–H and O–H groups in total. The molecule has 1 aromatic heterocycles. The molecule has 0 spiro atoms. The molecular formula is C12H13BrClN3O. The van der Waals surface area contributed by atoms with Gasteiger partial charge in [0.1, 0.15) is 16.2 Å². The van der Waals surface area contributed by atoms with Crippen molar-refractivity contribution in [3.8, 4) is 5.75 Å². The van der Waals surface area contributed by atoms with E-state index in [4.69, 9.17) is 22.1 Å². The SMILES string of the molecule is COc1ccc(C(CN)c2ncc(Br)[nH]2)c(Cl)c1. The van der Waals surface area contributed by atoms with Gasteiger partial charge in [0.15, 0.2) is 0 Å². The summed E-state index contributed by atoms with van der Waals surface area (Å²) in [4.78, 5) is 7.39. The lowest BCUT2D eigenvalue weighted by Gasteiger charge is -2.15. The minimum atomic E-state index is -0.0605. The Bertz CT molecular complexity index is 544. The van der Waals surface area contributed by atoms with Crippen LogP contribution in [0.4, 0.5) is 0 Å². The van der Waals surface area contributed by atoms with Crippen LogP contribution in [0.1, 0.15) is 17.3 Å². The monoisotopic (exact) mass is 329 g/mol. The van der Waals surface area contributed by atoms with Crippen LogP contribution in [0.25, 0.3) is 0 Å². The van der Waals surface area contributed by atoms with E-state index in [9.17, 15) is 0 Å². The van der Waals surface area contributed by atoms with Crippen molar-refractivity contribution in [3.63, 3.8) is 0 Å². The number of rotatable bonds is 4. The Kier molecular flexibility index (Phi) is 4.27. The summed E-state index contributed by atoms with van der Waals surface area (Å²) in [7, 11) is 1.61. The van der Waals surface area contributed by atoms with Crippen LogP contribution in [0, 0.1) is 0 Å². The van der Waals surface area contributed by atoms with Gasteiger partial charge >= 0.3 is 0 Å². The summed E-state index contributed by atoms with van der Waals surface area (Å²) in [6.45, 7) is 0.423. The maximum Gasteiger partial charge on any atom is 0.120 e. The first-order chi connectivity index (χ1) is 8.65. The van der Waals surface area contributed by atoms with Crippen molar-refractivity contribution in [3.05, 3.63) is 45.4 Å². The third-order valence-corrected chi connectivity index (χ3v) is 3.44. The van der Waals surface area contributed by atoms with Crippen LogP contribution in [0.2, 0.25) is 5.02 Å². The van der Waals surface area contributed by atoms with Crippen LogP contribution in [0.3, 0.4) is 0 Å². The van der Waals surface area contributed by atoms with Gasteiger partial charge in [-0.1, -0.05) is 17.7 Å². The van der Waals surface area contributed by atoms with Gasteiger partial charge in [-0.15, -0.1) is 0 Å². The number of halogens is 2. The number of methoxy groups -OCH3 is 1. The highest BCUT2D eigenvalue weighted by atomic mass is 79.9. The van der Waals surface area contributed by atoms with Crippen LogP contribution in [0.15, 0.2) is 29.0 Å². The number of hydrogen-bond acceptors (Lipinski definition) is 3. The van der Waals surface area contributed by atoms with Crippen LogP contribution in [-0.4, -0.2) is 23.6 Å². The van der Waals surface area contributed by atoms with E-state index in [0.717, 1.165) is 21.7 Å². The molecule has 2 rings (SSSR count). The average molecular weight is 331 g/mol. The van der Waals surface area contributed by atoms with Crippen molar-refractivity contribution in [2.75, 3.05) is 13.7 Å². The Balaban J connectivity index is 2.39. The number of hydrogen-bond donors (Lipinski definition) is 2. The first-order valence-electron chi connectivity index (χ1n) is 5.39. The van der Waals surface area contributed by atoms with Crippen LogP contribution >= 0.6 is 27.5 Å². The van der Waals surface area contributed by atoms with Gasteiger partial charge in [-0.25, -0.2) is 4.98 Å². The Morgan fingerprint density at radius 3 is 2.83 bits per heavy atom. The molecule has 0 amide bonds. The first kappa shape index (κ1) is 13.4. The van der Waals surface area contributed by atoms with Gasteiger partial charge in [0.25, 0.3) is 0 Å². The summed E-state index contributed by atoms with van der Waals surface area (Å²) >= 11 is 9.58. The minimum absolute atomic E-state index is 0.0605. The highest BCUT2D eigenvalue weighted by molar-refractivity contribution is 9.10. The van der Waals surface area contributed by atoms with E-state index in [1.807, 2.05) is 12.1 Å². The highest BCUT2D eigenvalue weighted by Crippen LogP contribution is 2.31. The molecule has 0 aliphatic carbocycles. The summed E-state index contributed by atoms with van der Waals surface area (Å²) in [5, 5.41) is 0.623. The molecular weight excluding hydrogens is 318 g/mol. The van der Waals surface area contributed by atoms with Gasteiger partial charge in [-0.3, -0.25) is 0 Å². The van der Waals surface area contributed by atoms with Gasteiger partial charge in [-0.05, 0) is 33.6 Å². The Labute approximate surface area is 119 Å². The standard InChI is InChI=1S/C12H13BrClN3O/c1-18-7-2-3-8(10(14)4-7)9(5-15)12-16-6-11(13)17-12/h2-4,6,9H,5,15H2,1H3,(H,16,17). The topological polar surface area (TPSA) is 63.9 Å². The predicted molar refractivity (Wildman–Crippen MR) is 75.2 cm³/mol. The second-order valence-corrected chi connectivity index (χ2v) is 5.05. The normalized spacial score (nSPS) is 12.4. The molecule has 1 aromatic carbocycles. The molecule has 2 aromatic rings. The molecule has 1 atom stereocenters. The number of ether oxygens (including phenoxy) is 1. The lowest BCUT2D eigenvalue weighted by molar-refractivity contribution is 0.414. The van der Waals surface area contributed by atoms with E-state index in [2.05, 4.69) is 25.9 Å². The molecule has 0 fully saturated rings. The molecule has 6 heteroatoms. The summed E-state index contributed by atoms with van der Waals surface area (Å²) in [6, 6.07) is 5.55. The van der Waals surface area contributed by atoms with Crippen molar-refractivity contribution >= 4 is 27.5 Å². The van der Waals surface area contributed by atoms with Crippen molar-refractivity contribution in [2.24, 2.45) is 5.73 Å². The summed E-state index contributed by atoms with van der Waals surface area (Å²) in [6.07, 6.45) is 1.70. The zero-order chi connectivity index (χ0) is 13.1. The maximum absolute atomic E-state index is 6.25. The first-order valence-corrected chi connectivity index (χ1v) is 6.56. The largest absolute Gasteiger partial charge is 0.497 e. The molecule has 1 heterocycles. The van der Waals surface area contributed by atoms with Crippen molar-refractivity contribution < 1.29 is 4.74 Å². The molecule has 1 unspecified atom stereocenters. The van der Waals surface area contributed by atoms with Crippen molar-refractivity contribution in [1.29, 1.82) is 0 Å². The van der Waals surface area contributed by atoms with Gasteiger partial charge in [0.05, 0.1) is 19.2 Å². The molecule has 0 aliphatic rings. The molecule has 0 bridgehead atoms. The highest BCUT2D eigenvalue weighted by Gasteiger charge is 2.18. The number of aromatic nitrogens is 2. The second-order valence-electron chi connectivity index (χ2n) is 3.79. The van der Waals surface area contributed by atoms with Gasteiger partial charge in [-0.2, -0.15) is 0 Å². The molecule has 4 nitrogen and oxygen atoms in total. The number of aromatic amines is 1. The third-order valence-electron chi connectivity index (χ3n) is 2.71. The van der Waals surface area contributed by atoms with E-state index >= 15 is 0 Å². The zero-order valence-electron chi connectivity index (χ0n) is 9.78. The van der Waals surface area contributed by atoms with Gasteiger partial charge < -0.3 is 15.5 Å². The fourth-order valence-corrected chi connectivity index (χ4v) is 2.40. The zero-order valence-corrected chi connectivity index (χ0v) is 12.1. The summed E-state index contributed by atoms with van der Waals surface area (Å²) in [5.41, 5.74) is 6.75. The average Bonchev–Trinajstić information content (AvgIpc) is 2.78. The number of nitrogens with one attached hydrogen (secondary N) is 1.